The fourth-order valence-electron chi connectivity index (χ4n) is 0.942. The molecule has 13 heavy (non-hydrogen) atoms. The van der Waals surface area contributed by atoms with Crippen molar-refractivity contribution in [2.24, 2.45) is 0 Å². The van der Waals surface area contributed by atoms with E-state index >= 15 is 0 Å². The Kier molecular flexibility index (Phi) is 2.62. The summed E-state index contributed by atoms with van der Waals surface area (Å²) in [7, 11) is 0. The third-order valence-corrected chi connectivity index (χ3v) is 3.62. The minimum absolute atomic E-state index is 0.575. The lowest BCUT2D eigenvalue weighted by molar-refractivity contribution is 1.18. The highest BCUT2D eigenvalue weighted by Crippen LogP contribution is 2.35. The van der Waals surface area contributed by atoms with Gasteiger partial charge in [-0.05, 0) is 27.4 Å². The smallest absolute Gasteiger partial charge is 0.116 e. The Bertz CT molecular complexity index is 430. The molecule has 0 aliphatic rings. The molecule has 0 unspecified atom stereocenters. The molecule has 2 aromatic rings. The SMILES string of the molecule is Clc1cncnc1-c1sccc1Br. The van der Waals surface area contributed by atoms with E-state index in [1.54, 1.807) is 17.5 Å². The second-order valence-electron chi connectivity index (χ2n) is 2.32. The Morgan fingerprint density at radius 3 is 2.92 bits per heavy atom. The summed E-state index contributed by atoms with van der Waals surface area (Å²) in [5.74, 6) is 0. The van der Waals surface area contributed by atoms with E-state index in [4.69, 9.17) is 11.6 Å². The maximum absolute atomic E-state index is 5.95. The van der Waals surface area contributed by atoms with E-state index in [9.17, 15) is 0 Å². The van der Waals surface area contributed by atoms with Gasteiger partial charge in [-0.25, -0.2) is 9.97 Å². The largest absolute Gasteiger partial charge is 0.243 e. The summed E-state index contributed by atoms with van der Waals surface area (Å²) in [4.78, 5) is 8.98. The van der Waals surface area contributed by atoms with E-state index in [1.165, 1.54) is 6.33 Å². The van der Waals surface area contributed by atoms with Gasteiger partial charge in [0, 0.05) is 10.7 Å². The average molecular weight is 276 g/mol. The van der Waals surface area contributed by atoms with Crippen LogP contribution in [0.2, 0.25) is 5.02 Å². The van der Waals surface area contributed by atoms with Crippen LogP contribution in [-0.2, 0) is 0 Å². The van der Waals surface area contributed by atoms with Crippen LogP contribution in [0.3, 0.4) is 0 Å². The van der Waals surface area contributed by atoms with Crippen LogP contribution < -0.4 is 0 Å². The molecule has 0 saturated carbocycles. The molecule has 0 radical (unpaired) electrons. The van der Waals surface area contributed by atoms with Gasteiger partial charge in [0.2, 0.25) is 0 Å². The van der Waals surface area contributed by atoms with Gasteiger partial charge in [-0.15, -0.1) is 11.3 Å². The molecule has 0 spiro atoms. The standard InChI is InChI=1S/C8H4BrClN2S/c9-5-1-2-13-8(5)7-6(10)3-11-4-12-7/h1-4H. The minimum atomic E-state index is 0.575. The normalized spacial score (nSPS) is 10.3. The molecule has 0 aliphatic carbocycles. The van der Waals surface area contributed by atoms with Crippen molar-refractivity contribution in [2.75, 3.05) is 0 Å². The van der Waals surface area contributed by atoms with Crippen LogP contribution in [-0.4, -0.2) is 9.97 Å². The monoisotopic (exact) mass is 274 g/mol. The Hall–Kier alpha value is -0.450. The molecular weight excluding hydrogens is 272 g/mol. The number of aromatic nitrogens is 2. The van der Waals surface area contributed by atoms with Crippen molar-refractivity contribution in [1.29, 1.82) is 0 Å². The van der Waals surface area contributed by atoms with Crippen LogP contribution in [0, 0.1) is 0 Å². The molecule has 2 nitrogen and oxygen atoms in total. The van der Waals surface area contributed by atoms with Gasteiger partial charge >= 0.3 is 0 Å². The molecule has 0 fully saturated rings. The van der Waals surface area contributed by atoms with E-state index in [2.05, 4.69) is 25.9 Å². The molecule has 2 aromatic heterocycles. The zero-order valence-electron chi connectivity index (χ0n) is 6.37. The Balaban J connectivity index is 2.59. The van der Waals surface area contributed by atoms with Crippen molar-refractivity contribution < 1.29 is 0 Å². The minimum Gasteiger partial charge on any atom is -0.243 e. The van der Waals surface area contributed by atoms with Gasteiger partial charge in [0.25, 0.3) is 0 Å². The summed E-state index contributed by atoms with van der Waals surface area (Å²) in [5, 5.41) is 2.56. The predicted molar refractivity (Wildman–Crippen MR) is 58.1 cm³/mol. The summed E-state index contributed by atoms with van der Waals surface area (Å²) < 4.78 is 1.01. The van der Waals surface area contributed by atoms with Crippen molar-refractivity contribution in [1.82, 2.24) is 9.97 Å². The number of nitrogens with zero attached hydrogens (tertiary/aromatic N) is 2. The quantitative estimate of drug-likeness (QED) is 0.794. The molecule has 0 aromatic carbocycles. The maximum Gasteiger partial charge on any atom is 0.116 e. The highest BCUT2D eigenvalue weighted by Gasteiger charge is 2.09. The van der Waals surface area contributed by atoms with Gasteiger partial charge < -0.3 is 0 Å². The predicted octanol–water partition coefficient (Wildman–Crippen LogP) is 3.62. The van der Waals surface area contributed by atoms with Crippen molar-refractivity contribution in [2.45, 2.75) is 0 Å². The molecular formula is C8H4BrClN2S. The van der Waals surface area contributed by atoms with Gasteiger partial charge in [0.15, 0.2) is 0 Å². The summed E-state index contributed by atoms with van der Waals surface area (Å²) in [6.45, 7) is 0. The fraction of sp³-hybridized carbons (Fsp3) is 0. The highest BCUT2D eigenvalue weighted by atomic mass is 79.9. The molecule has 0 amide bonds. The summed E-state index contributed by atoms with van der Waals surface area (Å²) >= 11 is 11.0. The van der Waals surface area contributed by atoms with Gasteiger partial charge in [-0.2, -0.15) is 0 Å². The van der Waals surface area contributed by atoms with Crippen LogP contribution >= 0.6 is 38.9 Å². The van der Waals surface area contributed by atoms with Gasteiger partial charge in [0.1, 0.15) is 12.0 Å². The zero-order chi connectivity index (χ0) is 9.26. The third-order valence-electron chi connectivity index (χ3n) is 1.50. The Labute approximate surface area is 92.7 Å². The molecule has 0 aliphatic heterocycles. The molecule has 66 valence electrons. The number of hydrogen-bond donors (Lipinski definition) is 0. The van der Waals surface area contributed by atoms with Crippen molar-refractivity contribution in [3.05, 3.63) is 33.5 Å². The van der Waals surface area contributed by atoms with E-state index in [0.29, 0.717) is 5.02 Å². The first-order chi connectivity index (χ1) is 6.29. The number of halogens is 2. The summed E-state index contributed by atoms with van der Waals surface area (Å²) in [6, 6.07) is 1.97. The van der Waals surface area contributed by atoms with Gasteiger partial charge in [0.05, 0.1) is 9.90 Å². The van der Waals surface area contributed by atoms with E-state index in [1.807, 2.05) is 11.4 Å². The first-order valence-corrected chi connectivity index (χ1v) is 5.53. The Morgan fingerprint density at radius 1 is 1.46 bits per heavy atom. The van der Waals surface area contributed by atoms with Gasteiger partial charge in [-0.3, -0.25) is 0 Å². The highest BCUT2D eigenvalue weighted by molar-refractivity contribution is 9.10. The van der Waals surface area contributed by atoms with Crippen LogP contribution in [0.25, 0.3) is 10.6 Å². The number of rotatable bonds is 1. The van der Waals surface area contributed by atoms with E-state index < -0.39 is 0 Å². The third kappa shape index (κ3) is 1.75. The van der Waals surface area contributed by atoms with Crippen molar-refractivity contribution in [3.8, 4) is 10.6 Å². The number of thiophene rings is 1. The van der Waals surface area contributed by atoms with E-state index in [0.717, 1.165) is 15.0 Å². The number of hydrogen-bond acceptors (Lipinski definition) is 3. The zero-order valence-corrected chi connectivity index (χ0v) is 9.53. The Morgan fingerprint density at radius 2 is 2.31 bits per heavy atom. The van der Waals surface area contributed by atoms with Crippen LogP contribution in [0.4, 0.5) is 0 Å². The summed E-state index contributed by atoms with van der Waals surface area (Å²) in [6.07, 6.45) is 3.09. The van der Waals surface area contributed by atoms with Crippen LogP contribution in [0.15, 0.2) is 28.4 Å². The topological polar surface area (TPSA) is 25.8 Å². The second-order valence-corrected chi connectivity index (χ2v) is 4.49. The molecule has 0 bridgehead atoms. The lowest BCUT2D eigenvalue weighted by Crippen LogP contribution is -1.83. The summed E-state index contributed by atoms with van der Waals surface area (Å²) in [5.41, 5.74) is 0.776. The van der Waals surface area contributed by atoms with Crippen LogP contribution in [0.5, 0.6) is 0 Å². The average Bonchev–Trinajstić information content (AvgIpc) is 2.52. The van der Waals surface area contributed by atoms with Crippen molar-refractivity contribution in [3.63, 3.8) is 0 Å². The second kappa shape index (κ2) is 3.74. The molecule has 0 N–H and O–H groups in total. The fourth-order valence-corrected chi connectivity index (χ4v) is 2.77. The molecule has 5 heteroatoms. The first-order valence-electron chi connectivity index (χ1n) is 3.48. The molecule has 0 saturated heterocycles. The van der Waals surface area contributed by atoms with Crippen molar-refractivity contribution >= 4 is 38.9 Å². The first kappa shape index (κ1) is 9.12. The van der Waals surface area contributed by atoms with Crippen LogP contribution in [0.1, 0.15) is 0 Å². The van der Waals surface area contributed by atoms with E-state index in [-0.39, 0.29) is 0 Å². The molecule has 2 heterocycles. The van der Waals surface area contributed by atoms with Gasteiger partial charge in [-0.1, -0.05) is 11.6 Å². The lowest BCUT2D eigenvalue weighted by atomic mass is 10.3. The maximum atomic E-state index is 5.95. The lowest BCUT2D eigenvalue weighted by Gasteiger charge is -1.98. The molecule has 2 rings (SSSR count). The molecule has 0 atom stereocenters.